The highest BCUT2D eigenvalue weighted by Crippen LogP contribution is 2.13. The van der Waals surface area contributed by atoms with Crippen LogP contribution in [0.15, 0.2) is 18.2 Å². The van der Waals surface area contributed by atoms with E-state index in [4.69, 9.17) is 0 Å². The first-order valence-corrected chi connectivity index (χ1v) is 5.84. The Balaban J connectivity index is 2.65. The molecule has 1 aromatic rings. The van der Waals surface area contributed by atoms with E-state index in [2.05, 4.69) is 12.2 Å². The summed E-state index contributed by atoms with van der Waals surface area (Å²) in [5, 5.41) is 3.33. The number of benzene rings is 1. The molecular weight excluding hydrogens is 208 g/mol. The summed E-state index contributed by atoms with van der Waals surface area (Å²) in [5.41, 5.74) is 0.454. The number of rotatable bonds is 6. The van der Waals surface area contributed by atoms with E-state index >= 15 is 0 Å². The summed E-state index contributed by atoms with van der Waals surface area (Å²) in [5.74, 6) is -0.695. The lowest BCUT2D eigenvalue weighted by atomic mass is 10.0. The molecule has 1 aromatic carbocycles. The van der Waals surface area contributed by atoms with Crippen LogP contribution < -0.4 is 5.32 Å². The van der Waals surface area contributed by atoms with E-state index in [1.165, 1.54) is 12.1 Å². The van der Waals surface area contributed by atoms with Crippen LogP contribution in [0.25, 0.3) is 0 Å². The molecule has 0 amide bonds. The van der Waals surface area contributed by atoms with Gasteiger partial charge in [0.2, 0.25) is 0 Å². The third kappa shape index (κ3) is 3.89. The zero-order chi connectivity index (χ0) is 12.0. The molecule has 0 heterocycles. The summed E-state index contributed by atoms with van der Waals surface area (Å²) in [6, 6.07) is 3.85. The molecule has 0 bridgehead atoms. The number of hydrogen-bond acceptors (Lipinski definition) is 1. The molecule has 0 fully saturated rings. The maximum absolute atomic E-state index is 13.4. The molecule has 0 aliphatic heterocycles. The Morgan fingerprint density at radius 1 is 1.25 bits per heavy atom. The highest BCUT2D eigenvalue weighted by molar-refractivity contribution is 5.19. The Kier molecular flexibility index (Phi) is 5.39. The molecule has 0 saturated heterocycles. The maximum atomic E-state index is 13.4. The minimum absolute atomic E-state index is 0.219. The third-order valence-corrected chi connectivity index (χ3v) is 2.65. The Hall–Kier alpha value is -0.960. The van der Waals surface area contributed by atoms with Gasteiger partial charge in [-0.15, -0.1) is 0 Å². The van der Waals surface area contributed by atoms with Gasteiger partial charge in [-0.1, -0.05) is 13.8 Å². The third-order valence-electron chi connectivity index (χ3n) is 2.65. The summed E-state index contributed by atoms with van der Waals surface area (Å²) >= 11 is 0. The van der Waals surface area contributed by atoms with Gasteiger partial charge in [-0.2, -0.15) is 0 Å². The fraction of sp³-hybridized carbons (Fsp3) is 0.538. The maximum Gasteiger partial charge on any atom is 0.126 e. The van der Waals surface area contributed by atoms with Crippen LogP contribution in [-0.2, 0) is 6.42 Å². The lowest BCUT2D eigenvalue weighted by Crippen LogP contribution is -2.31. The molecule has 0 aromatic heterocycles. The molecule has 90 valence electrons. The smallest absolute Gasteiger partial charge is 0.126 e. The standard InChI is InChI=1S/C13H19F2N/c1-3-7-16-12(4-2)9-10-8-11(14)5-6-13(10)15/h5-6,8,12,16H,3-4,7,9H2,1-2H3. The molecule has 1 N–H and O–H groups in total. The minimum Gasteiger partial charge on any atom is -0.314 e. The zero-order valence-corrected chi connectivity index (χ0v) is 9.89. The fourth-order valence-corrected chi connectivity index (χ4v) is 1.67. The lowest BCUT2D eigenvalue weighted by Gasteiger charge is -2.16. The zero-order valence-electron chi connectivity index (χ0n) is 9.89. The van der Waals surface area contributed by atoms with Crippen molar-refractivity contribution in [1.29, 1.82) is 0 Å². The van der Waals surface area contributed by atoms with E-state index < -0.39 is 0 Å². The van der Waals surface area contributed by atoms with Crippen LogP contribution in [0.3, 0.4) is 0 Å². The number of nitrogens with one attached hydrogen (secondary N) is 1. The molecule has 1 rings (SSSR count). The minimum atomic E-state index is -0.373. The van der Waals surface area contributed by atoms with Gasteiger partial charge in [0.05, 0.1) is 0 Å². The van der Waals surface area contributed by atoms with Gasteiger partial charge in [0.1, 0.15) is 11.6 Å². The van der Waals surface area contributed by atoms with Crippen LogP contribution in [0.5, 0.6) is 0 Å². The molecule has 0 aliphatic carbocycles. The summed E-state index contributed by atoms with van der Waals surface area (Å²) < 4.78 is 26.4. The van der Waals surface area contributed by atoms with Crippen molar-refractivity contribution < 1.29 is 8.78 Å². The molecule has 1 nitrogen and oxygen atoms in total. The van der Waals surface area contributed by atoms with Crippen molar-refractivity contribution in [3.8, 4) is 0 Å². The molecule has 0 spiro atoms. The average molecular weight is 227 g/mol. The van der Waals surface area contributed by atoms with Crippen LogP contribution in [0.2, 0.25) is 0 Å². The summed E-state index contributed by atoms with van der Waals surface area (Å²) in [7, 11) is 0. The van der Waals surface area contributed by atoms with Gasteiger partial charge < -0.3 is 5.32 Å². The summed E-state index contributed by atoms with van der Waals surface area (Å²) in [4.78, 5) is 0. The molecule has 0 aliphatic rings. The van der Waals surface area contributed by atoms with Crippen molar-refractivity contribution in [3.63, 3.8) is 0 Å². The topological polar surface area (TPSA) is 12.0 Å². The first-order valence-electron chi connectivity index (χ1n) is 5.84. The van der Waals surface area contributed by atoms with Gasteiger partial charge in [0.25, 0.3) is 0 Å². The highest BCUT2D eigenvalue weighted by Gasteiger charge is 2.10. The molecular formula is C13H19F2N. The molecule has 1 unspecified atom stereocenters. The van der Waals surface area contributed by atoms with E-state index in [1.807, 2.05) is 6.92 Å². The molecule has 1 atom stereocenters. The van der Waals surface area contributed by atoms with Crippen LogP contribution >= 0.6 is 0 Å². The normalized spacial score (nSPS) is 12.8. The van der Waals surface area contributed by atoms with Gasteiger partial charge >= 0.3 is 0 Å². The number of hydrogen-bond donors (Lipinski definition) is 1. The van der Waals surface area contributed by atoms with Gasteiger partial charge in [0, 0.05) is 6.04 Å². The van der Waals surface area contributed by atoms with Gasteiger partial charge in [-0.25, -0.2) is 8.78 Å². The van der Waals surface area contributed by atoms with E-state index in [1.54, 1.807) is 0 Å². The van der Waals surface area contributed by atoms with Crippen molar-refractivity contribution >= 4 is 0 Å². The van der Waals surface area contributed by atoms with Crippen molar-refractivity contribution in [2.75, 3.05) is 6.54 Å². The Morgan fingerprint density at radius 2 is 2.00 bits per heavy atom. The van der Waals surface area contributed by atoms with Crippen molar-refractivity contribution in [1.82, 2.24) is 5.32 Å². The number of halogens is 2. The predicted molar refractivity (Wildman–Crippen MR) is 62.4 cm³/mol. The van der Waals surface area contributed by atoms with E-state index in [0.29, 0.717) is 12.0 Å². The van der Waals surface area contributed by atoms with Crippen molar-refractivity contribution in [2.24, 2.45) is 0 Å². The molecule has 3 heteroatoms. The quantitative estimate of drug-likeness (QED) is 0.786. The van der Waals surface area contributed by atoms with Gasteiger partial charge in [-0.05, 0) is 49.6 Å². The van der Waals surface area contributed by atoms with E-state index in [-0.39, 0.29) is 17.7 Å². The highest BCUT2D eigenvalue weighted by atomic mass is 19.1. The van der Waals surface area contributed by atoms with Crippen LogP contribution in [0, 0.1) is 11.6 Å². The lowest BCUT2D eigenvalue weighted by molar-refractivity contribution is 0.481. The average Bonchev–Trinajstić information content (AvgIpc) is 2.28. The summed E-state index contributed by atoms with van der Waals surface area (Å²) in [6.07, 6.45) is 2.50. The largest absolute Gasteiger partial charge is 0.314 e. The van der Waals surface area contributed by atoms with Crippen molar-refractivity contribution in [2.45, 2.75) is 39.2 Å². The first-order chi connectivity index (χ1) is 7.67. The van der Waals surface area contributed by atoms with Gasteiger partial charge in [0.15, 0.2) is 0 Å². The van der Waals surface area contributed by atoms with E-state index in [0.717, 1.165) is 25.5 Å². The Morgan fingerprint density at radius 3 is 2.62 bits per heavy atom. The second kappa shape index (κ2) is 6.59. The SMILES string of the molecule is CCCNC(CC)Cc1cc(F)ccc1F. The van der Waals surface area contributed by atoms with Crippen LogP contribution in [0.1, 0.15) is 32.3 Å². The monoisotopic (exact) mass is 227 g/mol. The van der Waals surface area contributed by atoms with Crippen LogP contribution in [-0.4, -0.2) is 12.6 Å². The molecule has 16 heavy (non-hydrogen) atoms. The second-order valence-corrected chi connectivity index (χ2v) is 4.00. The van der Waals surface area contributed by atoms with Crippen LogP contribution in [0.4, 0.5) is 8.78 Å². The van der Waals surface area contributed by atoms with Gasteiger partial charge in [-0.3, -0.25) is 0 Å². The first kappa shape index (κ1) is 13.1. The molecule has 0 saturated carbocycles. The Labute approximate surface area is 95.9 Å². The van der Waals surface area contributed by atoms with E-state index in [9.17, 15) is 8.78 Å². The summed E-state index contributed by atoms with van der Waals surface area (Å²) in [6.45, 7) is 5.04. The second-order valence-electron chi connectivity index (χ2n) is 4.00. The predicted octanol–water partition coefficient (Wildman–Crippen LogP) is 3.29. The van der Waals surface area contributed by atoms with Crippen molar-refractivity contribution in [3.05, 3.63) is 35.4 Å². The Bertz CT molecular complexity index is 326. The molecule has 0 radical (unpaired) electrons. The fourth-order valence-electron chi connectivity index (χ4n) is 1.67.